The highest BCUT2D eigenvalue weighted by molar-refractivity contribution is 6.04. The number of benzene rings is 3. The standard InChI is InChI=1S/C20H16FNO/c21-18-9-5-14(6-10-18)11-19-13-20(22-23-19)17-8-7-15-3-1-2-4-16(15)12-17/h1-10,12,19H,11,13H2/t19-/m0/s1. The molecule has 0 saturated heterocycles. The molecule has 1 atom stereocenters. The fourth-order valence-corrected chi connectivity index (χ4v) is 2.96. The molecule has 1 heterocycles. The van der Waals surface area contributed by atoms with Crippen LogP contribution < -0.4 is 0 Å². The van der Waals surface area contributed by atoms with Crippen molar-refractivity contribution in [2.75, 3.05) is 0 Å². The van der Waals surface area contributed by atoms with Crippen molar-refractivity contribution < 1.29 is 9.23 Å². The van der Waals surface area contributed by atoms with Gasteiger partial charge in [0.05, 0.1) is 5.71 Å². The summed E-state index contributed by atoms with van der Waals surface area (Å²) in [6.07, 6.45) is 1.53. The van der Waals surface area contributed by atoms with Gasteiger partial charge in [0.2, 0.25) is 0 Å². The maximum atomic E-state index is 13.0. The molecular formula is C20H16FNO. The zero-order valence-electron chi connectivity index (χ0n) is 12.6. The zero-order chi connectivity index (χ0) is 15.6. The maximum absolute atomic E-state index is 13.0. The topological polar surface area (TPSA) is 21.6 Å². The summed E-state index contributed by atoms with van der Waals surface area (Å²) in [5, 5.41) is 6.67. The van der Waals surface area contributed by atoms with Crippen LogP contribution in [0, 0.1) is 5.82 Å². The Kier molecular flexibility index (Phi) is 3.54. The Morgan fingerprint density at radius 1 is 0.957 bits per heavy atom. The molecule has 0 radical (unpaired) electrons. The van der Waals surface area contributed by atoms with E-state index in [9.17, 15) is 4.39 Å². The van der Waals surface area contributed by atoms with Crippen LogP contribution in [0.3, 0.4) is 0 Å². The van der Waals surface area contributed by atoms with E-state index >= 15 is 0 Å². The number of rotatable bonds is 3. The van der Waals surface area contributed by atoms with Crippen molar-refractivity contribution in [3.8, 4) is 0 Å². The first-order valence-corrected chi connectivity index (χ1v) is 7.74. The van der Waals surface area contributed by atoms with Crippen LogP contribution in [-0.2, 0) is 11.3 Å². The summed E-state index contributed by atoms with van der Waals surface area (Å²) in [4.78, 5) is 5.56. The van der Waals surface area contributed by atoms with Crippen LogP contribution >= 0.6 is 0 Å². The monoisotopic (exact) mass is 305 g/mol. The van der Waals surface area contributed by atoms with Gasteiger partial charge in [0, 0.05) is 18.4 Å². The second-order valence-electron chi connectivity index (χ2n) is 5.86. The van der Waals surface area contributed by atoms with E-state index < -0.39 is 0 Å². The van der Waals surface area contributed by atoms with E-state index in [0.717, 1.165) is 29.7 Å². The molecule has 3 heteroatoms. The molecule has 0 amide bonds. The van der Waals surface area contributed by atoms with Gasteiger partial charge in [-0.3, -0.25) is 0 Å². The largest absolute Gasteiger partial charge is 0.391 e. The summed E-state index contributed by atoms with van der Waals surface area (Å²) in [5.41, 5.74) is 3.14. The third-order valence-corrected chi connectivity index (χ3v) is 4.19. The quantitative estimate of drug-likeness (QED) is 0.686. The first-order chi connectivity index (χ1) is 11.3. The van der Waals surface area contributed by atoms with Crippen molar-refractivity contribution in [2.45, 2.75) is 18.9 Å². The molecule has 0 aromatic heterocycles. The van der Waals surface area contributed by atoms with E-state index in [1.807, 2.05) is 12.1 Å². The third-order valence-electron chi connectivity index (χ3n) is 4.19. The number of hydrogen-bond acceptors (Lipinski definition) is 2. The highest BCUT2D eigenvalue weighted by atomic mass is 19.1. The Hall–Kier alpha value is -2.68. The van der Waals surface area contributed by atoms with Crippen LogP contribution in [0.15, 0.2) is 71.9 Å². The summed E-state index contributed by atoms with van der Waals surface area (Å²) < 4.78 is 13.0. The Morgan fingerprint density at radius 2 is 1.74 bits per heavy atom. The van der Waals surface area contributed by atoms with Gasteiger partial charge < -0.3 is 4.84 Å². The fourth-order valence-electron chi connectivity index (χ4n) is 2.96. The van der Waals surface area contributed by atoms with Crippen molar-refractivity contribution in [1.82, 2.24) is 0 Å². The average Bonchev–Trinajstić information content (AvgIpc) is 3.05. The maximum Gasteiger partial charge on any atom is 0.137 e. The van der Waals surface area contributed by atoms with Crippen molar-refractivity contribution in [3.05, 3.63) is 83.7 Å². The van der Waals surface area contributed by atoms with Crippen LogP contribution in [0.1, 0.15) is 17.5 Å². The molecule has 0 unspecified atom stereocenters. The van der Waals surface area contributed by atoms with E-state index in [1.54, 1.807) is 12.1 Å². The minimum absolute atomic E-state index is 0.0157. The van der Waals surface area contributed by atoms with E-state index in [4.69, 9.17) is 4.84 Å². The second-order valence-corrected chi connectivity index (χ2v) is 5.86. The predicted molar refractivity (Wildman–Crippen MR) is 90.1 cm³/mol. The van der Waals surface area contributed by atoms with Crippen molar-refractivity contribution >= 4 is 16.5 Å². The smallest absolute Gasteiger partial charge is 0.137 e. The van der Waals surface area contributed by atoms with Crippen LogP contribution in [0.5, 0.6) is 0 Å². The van der Waals surface area contributed by atoms with Crippen LogP contribution in [0.4, 0.5) is 4.39 Å². The molecule has 0 N–H and O–H groups in total. The SMILES string of the molecule is Fc1ccc(C[C@H]2CC(c3ccc4ccccc4c3)=NO2)cc1. The highest BCUT2D eigenvalue weighted by Gasteiger charge is 2.22. The summed E-state index contributed by atoms with van der Waals surface area (Å²) in [6, 6.07) is 21.2. The van der Waals surface area contributed by atoms with Crippen LogP contribution in [-0.4, -0.2) is 11.8 Å². The predicted octanol–water partition coefficient (Wildman–Crippen LogP) is 4.71. The average molecular weight is 305 g/mol. The second kappa shape index (κ2) is 5.84. The molecule has 0 saturated carbocycles. The van der Waals surface area contributed by atoms with Crippen LogP contribution in [0.2, 0.25) is 0 Å². The van der Waals surface area contributed by atoms with Gasteiger partial charge in [0.25, 0.3) is 0 Å². The molecule has 0 bridgehead atoms. The van der Waals surface area contributed by atoms with Gasteiger partial charge >= 0.3 is 0 Å². The molecule has 0 aliphatic carbocycles. The third kappa shape index (κ3) is 2.95. The van der Waals surface area contributed by atoms with Gasteiger partial charge in [-0.05, 0) is 34.5 Å². The van der Waals surface area contributed by atoms with Crippen molar-refractivity contribution in [1.29, 1.82) is 0 Å². The van der Waals surface area contributed by atoms with E-state index in [2.05, 4.69) is 35.5 Å². The van der Waals surface area contributed by atoms with Gasteiger partial charge in [-0.15, -0.1) is 0 Å². The first-order valence-electron chi connectivity index (χ1n) is 7.74. The lowest BCUT2D eigenvalue weighted by atomic mass is 9.98. The van der Waals surface area contributed by atoms with Gasteiger partial charge in [-0.25, -0.2) is 4.39 Å². The Balaban J connectivity index is 1.49. The Bertz CT molecular complexity index is 870. The van der Waals surface area contributed by atoms with E-state index in [0.29, 0.717) is 0 Å². The summed E-state index contributed by atoms with van der Waals surface area (Å²) in [5.74, 6) is -0.214. The van der Waals surface area contributed by atoms with Crippen molar-refractivity contribution in [2.24, 2.45) is 5.16 Å². The van der Waals surface area contributed by atoms with E-state index in [-0.39, 0.29) is 11.9 Å². The molecular weight excluding hydrogens is 289 g/mol. The summed E-state index contributed by atoms with van der Waals surface area (Å²) >= 11 is 0. The molecule has 0 spiro atoms. The number of oxime groups is 1. The number of hydrogen-bond donors (Lipinski definition) is 0. The Labute approximate surface area is 134 Å². The molecule has 4 rings (SSSR count). The lowest BCUT2D eigenvalue weighted by Gasteiger charge is -2.08. The number of fused-ring (bicyclic) bond motifs is 1. The highest BCUT2D eigenvalue weighted by Crippen LogP contribution is 2.23. The van der Waals surface area contributed by atoms with Gasteiger partial charge in [0.15, 0.2) is 0 Å². The molecule has 3 aromatic rings. The van der Waals surface area contributed by atoms with Gasteiger partial charge in [-0.1, -0.05) is 53.7 Å². The van der Waals surface area contributed by atoms with E-state index in [1.165, 1.54) is 22.9 Å². The molecule has 0 fully saturated rings. The molecule has 23 heavy (non-hydrogen) atoms. The normalized spacial score (nSPS) is 17.1. The molecule has 2 nitrogen and oxygen atoms in total. The first kappa shape index (κ1) is 13.9. The lowest BCUT2D eigenvalue weighted by Crippen LogP contribution is -2.11. The Morgan fingerprint density at radius 3 is 2.57 bits per heavy atom. The number of nitrogens with zero attached hydrogens (tertiary/aromatic N) is 1. The lowest BCUT2D eigenvalue weighted by molar-refractivity contribution is 0.0859. The zero-order valence-corrected chi connectivity index (χ0v) is 12.6. The molecule has 1 aliphatic heterocycles. The minimum atomic E-state index is -0.214. The van der Waals surface area contributed by atoms with Gasteiger partial charge in [0.1, 0.15) is 11.9 Å². The van der Waals surface area contributed by atoms with Gasteiger partial charge in [-0.2, -0.15) is 0 Å². The fraction of sp³-hybridized carbons (Fsp3) is 0.150. The minimum Gasteiger partial charge on any atom is -0.391 e. The molecule has 1 aliphatic rings. The summed E-state index contributed by atoms with van der Waals surface area (Å²) in [6.45, 7) is 0. The molecule has 114 valence electrons. The van der Waals surface area contributed by atoms with Crippen LogP contribution in [0.25, 0.3) is 10.8 Å². The van der Waals surface area contributed by atoms with Crippen molar-refractivity contribution in [3.63, 3.8) is 0 Å². The molecule has 3 aromatic carbocycles. The summed E-state index contributed by atoms with van der Waals surface area (Å²) in [7, 11) is 0. The number of halogens is 1.